The first-order valence-electron chi connectivity index (χ1n) is 7.96. The first-order valence-corrected chi connectivity index (χ1v) is 8.78. The summed E-state index contributed by atoms with van der Waals surface area (Å²) < 4.78 is 1.08. The van der Waals surface area contributed by atoms with Gasteiger partial charge in [-0.25, -0.2) is 0 Å². The first-order chi connectivity index (χ1) is 11.3. The number of hydrogen-bond donors (Lipinski definition) is 2. The molecule has 5 heteroatoms. The van der Waals surface area contributed by atoms with Crippen LogP contribution in [0.1, 0.15) is 5.56 Å². The Bertz CT molecular complexity index is 804. The summed E-state index contributed by atoms with van der Waals surface area (Å²) in [5.74, 6) is 0. The van der Waals surface area contributed by atoms with E-state index in [2.05, 4.69) is 45.5 Å². The Kier molecular flexibility index (Phi) is 3.99. The van der Waals surface area contributed by atoms with E-state index in [-0.39, 0.29) is 0 Å². The highest BCUT2D eigenvalue weighted by Crippen LogP contribution is 2.35. The van der Waals surface area contributed by atoms with Crippen LogP contribution < -0.4 is 11.1 Å². The fourth-order valence-corrected chi connectivity index (χ4v) is 4.05. The van der Waals surface area contributed by atoms with E-state index in [4.69, 9.17) is 5.73 Å². The highest BCUT2D eigenvalue weighted by atomic mass is 32.1. The molecule has 0 radical (unpaired) electrons. The van der Waals surface area contributed by atoms with Gasteiger partial charge in [-0.05, 0) is 23.3 Å². The summed E-state index contributed by atoms with van der Waals surface area (Å²) in [7, 11) is 0. The molecule has 0 atom stereocenters. The number of nitrogens with one attached hydrogen (secondary N) is 1. The number of thiophene rings is 1. The number of fused-ring (bicyclic) bond motifs is 1. The van der Waals surface area contributed by atoms with E-state index in [1.54, 1.807) is 17.5 Å². The molecule has 4 nitrogen and oxygen atoms in total. The molecule has 118 valence electrons. The van der Waals surface area contributed by atoms with Crippen LogP contribution in [-0.4, -0.2) is 36.1 Å². The van der Waals surface area contributed by atoms with Crippen molar-refractivity contribution in [3.05, 3.63) is 48.2 Å². The monoisotopic (exact) mass is 324 g/mol. The Hall–Kier alpha value is -1.95. The molecule has 0 amide bonds. The van der Waals surface area contributed by atoms with E-state index < -0.39 is 0 Å². The van der Waals surface area contributed by atoms with Crippen LogP contribution in [0, 0.1) is 0 Å². The maximum absolute atomic E-state index is 6.04. The summed E-state index contributed by atoms with van der Waals surface area (Å²) in [6.45, 7) is 5.47. The quantitative estimate of drug-likeness (QED) is 0.778. The minimum atomic E-state index is 0.807. The molecule has 2 aromatic heterocycles. The van der Waals surface area contributed by atoms with Crippen molar-refractivity contribution < 1.29 is 0 Å². The lowest BCUT2D eigenvalue weighted by Crippen LogP contribution is -2.42. The van der Waals surface area contributed by atoms with Crippen LogP contribution in [0.15, 0.2) is 42.6 Å². The van der Waals surface area contributed by atoms with Crippen molar-refractivity contribution in [2.75, 3.05) is 31.9 Å². The SMILES string of the molecule is Nc1ccnc2cc(-c3ccc(CN4CCNCC4)cc3)sc12. The molecule has 1 aliphatic rings. The highest BCUT2D eigenvalue weighted by Gasteiger charge is 2.11. The molecule has 1 aliphatic heterocycles. The fourth-order valence-electron chi connectivity index (χ4n) is 3.00. The van der Waals surface area contributed by atoms with Crippen molar-refractivity contribution >= 4 is 27.2 Å². The number of nitrogens with two attached hydrogens (primary N) is 1. The minimum Gasteiger partial charge on any atom is -0.397 e. The van der Waals surface area contributed by atoms with Gasteiger partial charge in [0.2, 0.25) is 0 Å². The number of nitrogen functional groups attached to an aromatic ring is 1. The molecule has 0 aliphatic carbocycles. The second-order valence-corrected chi connectivity index (χ2v) is 7.00. The summed E-state index contributed by atoms with van der Waals surface area (Å²) >= 11 is 1.71. The average molecular weight is 324 g/mol. The van der Waals surface area contributed by atoms with E-state index in [0.717, 1.165) is 48.6 Å². The molecule has 0 saturated carbocycles. The molecular formula is C18H20N4S. The van der Waals surface area contributed by atoms with Crippen LogP contribution in [0.5, 0.6) is 0 Å². The molecule has 3 heterocycles. The number of benzene rings is 1. The van der Waals surface area contributed by atoms with Crippen molar-refractivity contribution in [3.8, 4) is 10.4 Å². The molecule has 1 aromatic carbocycles. The lowest BCUT2D eigenvalue weighted by molar-refractivity contribution is 0.233. The lowest BCUT2D eigenvalue weighted by atomic mass is 10.1. The molecule has 0 spiro atoms. The van der Waals surface area contributed by atoms with Gasteiger partial charge in [-0.1, -0.05) is 24.3 Å². The largest absolute Gasteiger partial charge is 0.397 e. The van der Waals surface area contributed by atoms with E-state index in [1.165, 1.54) is 16.0 Å². The van der Waals surface area contributed by atoms with Gasteiger partial charge in [-0.15, -0.1) is 11.3 Å². The molecule has 4 rings (SSSR count). The van der Waals surface area contributed by atoms with E-state index in [1.807, 2.05) is 6.07 Å². The number of hydrogen-bond acceptors (Lipinski definition) is 5. The van der Waals surface area contributed by atoms with Gasteiger partial charge in [0, 0.05) is 43.8 Å². The van der Waals surface area contributed by atoms with Crippen molar-refractivity contribution in [1.29, 1.82) is 0 Å². The minimum absolute atomic E-state index is 0.807. The van der Waals surface area contributed by atoms with Crippen LogP contribution in [0.4, 0.5) is 5.69 Å². The Labute approximate surface area is 139 Å². The standard InChI is InChI=1S/C18H20N4S/c19-15-5-6-21-16-11-17(23-18(15)16)14-3-1-13(2-4-14)12-22-9-7-20-8-10-22/h1-6,11,20H,7-10,12H2,(H2,19,21). The Morgan fingerprint density at radius 3 is 2.65 bits per heavy atom. The zero-order chi connectivity index (χ0) is 15.6. The summed E-state index contributed by atoms with van der Waals surface area (Å²) in [6.07, 6.45) is 1.77. The second-order valence-electron chi connectivity index (χ2n) is 5.95. The van der Waals surface area contributed by atoms with E-state index in [0.29, 0.717) is 0 Å². The molecule has 0 bridgehead atoms. The average Bonchev–Trinajstić information content (AvgIpc) is 3.02. The van der Waals surface area contributed by atoms with Gasteiger partial charge >= 0.3 is 0 Å². The number of pyridine rings is 1. The molecule has 3 N–H and O–H groups in total. The van der Waals surface area contributed by atoms with Crippen molar-refractivity contribution in [2.24, 2.45) is 0 Å². The maximum Gasteiger partial charge on any atom is 0.0837 e. The normalized spacial score (nSPS) is 16.0. The van der Waals surface area contributed by atoms with E-state index in [9.17, 15) is 0 Å². The van der Waals surface area contributed by atoms with Crippen molar-refractivity contribution in [2.45, 2.75) is 6.54 Å². The Balaban J connectivity index is 1.55. The predicted molar refractivity (Wildman–Crippen MR) is 97.6 cm³/mol. The third-order valence-corrected chi connectivity index (χ3v) is 5.52. The smallest absolute Gasteiger partial charge is 0.0837 e. The van der Waals surface area contributed by atoms with Crippen LogP contribution in [-0.2, 0) is 6.54 Å². The number of aromatic nitrogens is 1. The van der Waals surface area contributed by atoms with Gasteiger partial charge < -0.3 is 11.1 Å². The van der Waals surface area contributed by atoms with Gasteiger partial charge in [0.1, 0.15) is 0 Å². The number of rotatable bonds is 3. The molecule has 0 unspecified atom stereocenters. The number of nitrogens with zero attached hydrogens (tertiary/aromatic N) is 2. The van der Waals surface area contributed by atoms with Crippen molar-refractivity contribution in [1.82, 2.24) is 15.2 Å². The molecule has 23 heavy (non-hydrogen) atoms. The Morgan fingerprint density at radius 1 is 1.13 bits per heavy atom. The predicted octanol–water partition coefficient (Wildman–Crippen LogP) is 2.95. The third-order valence-electron chi connectivity index (χ3n) is 4.30. The summed E-state index contributed by atoms with van der Waals surface area (Å²) in [4.78, 5) is 8.12. The number of piperazine rings is 1. The maximum atomic E-state index is 6.04. The number of anilines is 1. The Morgan fingerprint density at radius 2 is 1.91 bits per heavy atom. The molecule has 3 aromatic rings. The van der Waals surface area contributed by atoms with E-state index >= 15 is 0 Å². The van der Waals surface area contributed by atoms with Gasteiger partial charge in [0.05, 0.1) is 15.9 Å². The first kappa shape index (κ1) is 14.6. The van der Waals surface area contributed by atoms with Gasteiger partial charge in [0.15, 0.2) is 0 Å². The van der Waals surface area contributed by atoms with Crippen LogP contribution in [0.3, 0.4) is 0 Å². The van der Waals surface area contributed by atoms with Gasteiger partial charge in [0.25, 0.3) is 0 Å². The van der Waals surface area contributed by atoms with Gasteiger partial charge in [-0.2, -0.15) is 0 Å². The molecule has 1 fully saturated rings. The van der Waals surface area contributed by atoms with Crippen LogP contribution in [0.25, 0.3) is 20.7 Å². The summed E-state index contributed by atoms with van der Waals surface area (Å²) in [5, 5.41) is 3.39. The summed E-state index contributed by atoms with van der Waals surface area (Å²) in [5.41, 5.74) is 10.4. The summed E-state index contributed by atoms with van der Waals surface area (Å²) in [6, 6.07) is 12.9. The second kappa shape index (κ2) is 6.28. The topological polar surface area (TPSA) is 54.2 Å². The third kappa shape index (κ3) is 3.08. The molecular weight excluding hydrogens is 304 g/mol. The van der Waals surface area contributed by atoms with Crippen LogP contribution >= 0.6 is 11.3 Å². The van der Waals surface area contributed by atoms with Crippen molar-refractivity contribution in [3.63, 3.8) is 0 Å². The zero-order valence-corrected chi connectivity index (χ0v) is 13.8. The zero-order valence-electron chi connectivity index (χ0n) is 13.0. The van der Waals surface area contributed by atoms with Crippen LogP contribution in [0.2, 0.25) is 0 Å². The molecule has 1 saturated heterocycles. The highest BCUT2D eigenvalue weighted by molar-refractivity contribution is 7.22. The fraction of sp³-hybridized carbons (Fsp3) is 0.278. The van der Waals surface area contributed by atoms with Gasteiger partial charge in [-0.3, -0.25) is 9.88 Å². The lowest BCUT2D eigenvalue weighted by Gasteiger charge is -2.27.